The molecule has 0 saturated carbocycles. The third kappa shape index (κ3) is 2.14. The minimum atomic E-state index is 0.753. The van der Waals surface area contributed by atoms with Crippen molar-refractivity contribution in [3.63, 3.8) is 0 Å². The van der Waals surface area contributed by atoms with E-state index in [1.54, 1.807) is 19.6 Å². The van der Waals surface area contributed by atoms with Gasteiger partial charge >= 0.3 is 0 Å². The molecule has 0 unspecified atom stereocenters. The molecular weight excluding hydrogens is 202 g/mol. The van der Waals surface area contributed by atoms with Crippen molar-refractivity contribution in [2.45, 2.75) is 6.92 Å². The van der Waals surface area contributed by atoms with Crippen LogP contribution in [0, 0.1) is 6.92 Å². The molecule has 0 radical (unpaired) electrons. The highest BCUT2D eigenvalue weighted by Gasteiger charge is 2.00. The third-order valence-corrected chi connectivity index (χ3v) is 2.31. The van der Waals surface area contributed by atoms with Crippen molar-refractivity contribution in [1.82, 2.24) is 0 Å². The van der Waals surface area contributed by atoms with Crippen LogP contribution < -0.4 is 4.74 Å². The van der Waals surface area contributed by atoms with Gasteiger partial charge in [0.25, 0.3) is 0 Å². The van der Waals surface area contributed by atoms with Crippen LogP contribution in [0.3, 0.4) is 0 Å². The lowest BCUT2D eigenvalue weighted by atomic mass is 10.3. The minimum Gasteiger partial charge on any atom is -0.494 e. The van der Waals surface area contributed by atoms with Crippen molar-refractivity contribution in [2.24, 2.45) is 4.99 Å². The zero-order chi connectivity index (χ0) is 11.4. The molecule has 0 bridgehead atoms. The van der Waals surface area contributed by atoms with E-state index in [4.69, 9.17) is 9.15 Å². The topological polar surface area (TPSA) is 34.7 Å². The molecule has 0 N–H and O–H groups in total. The normalized spacial score (nSPS) is 10.9. The summed E-state index contributed by atoms with van der Waals surface area (Å²) >= 11 is 0. The van der Waals surface area contributed by atoms with Crippen molar-refractivity contribution >= 4 is 11.9 Å². The van der Waals surface area contributed by atoms with Gasteiger partial charge in [-0.2, -0.15) is 0 Å². The van der Waals surface area contributed by atoms with E-state index in [1.165, 1.54) is 0 Å². The van der Waals surface area contributed by atoms with Crippen LogP contribution in [0.2, 0.25) is 0 Å². The van der Waals surface area contributed by atoms with Crippen molar-refractivity contribution in [3.8, 4) is 5.75 Å². The maximum atomic E-state index is 5.27. The Morgan fingerprint density at radius 1 is 1.25 bits per heavy atom. The summed E-state index contributed by atoms with van der Waals surface area (Å²) in [6, 6.07) is 9.51. The van der Waals surface area contributed by atoms with E-state index in [9.17, 15) is 0 Å². The first-order valence-electron chi connectivity index (χ1n) is 5.02. The SMILES string of the molecule is COc1ccccc1/N=C/c1occc1C. The Morgan fingerprint density at radius 3 is 2.75 bits per heavy atom. The molecule has 2 aromatic rings. The summed E-state index contributed by atoms with van der Waals surface area (Å²) in [5.41, 5.74) is 1.86. The summed E-state index contributed by atoms with van der Waals surface area (Å²) < 4.78 is 10.5. The van der Waals surface area contributed by atoms with E-state index in [0.29, 0.717) is 0 Å². The van der Waals surface area contributed by atoms with E-state index < -0.39 is 0 Å². The van der Waals surface area contributed by atoms with Gasteiger partial charge < -0.3 is 9.15 Å². The van der Waals surface area contributed by atoms with Gasteiger partial charge in [-0.15, -0.1) is 0 Å². The molecule has 16 heavy (non-hydrogen) atoms. The molecule has 0 aliphatic heterocycles. The van der Waals surface area contributed by atoms with Gasteiger partial charge in [-0.25, -0.2) is 4.99 Å². The highest BCUT2D eigenvalue weighted by atomic mass is 16.5. The zero-order valence-corrected chi connectivity index (χ0v) is 9.31. The van der Waals surface area contributed by atoms with E-state index >= 15 is 0 Å². The highest BCUT2D eigenvalue weighted by molar-refractivity contribution is 5.81. The van der Waals surface area contributed by atoms with Crippen LogP contribution in [0.25, 0.3) is 0 Å². The first-order chi connectivity index (χ1) is 7.81. The largest absolute Gasteiger partial charge is 0.494 e. The van der Waals surface area contributed by atoms with Crippen molar-refractivity contribution in [2.75, 3.05) is 7.11 Å². The van der Waals surface area contributed by atoms with Crippen molar-refractivity contribution < 1.29 is 9.15 Å². The molecule has 0 fully saturated rings. The molecule has 3 heteroatoms. The molecule has 0 aliphatic carbocycles. The Morgan fingerprint density at radius 2 is 2.06 bits per heavy atom. The molecule has 3 nitrogen and oxygen atoms in total. The van der Waals surface area contributed by atoms with Crippen LogP contribution in [0.4, 0.5) is 5.69 Å². The maximum Gasteiger partial charge on any atom is 0.147 e. The van der Waals surface area contributed by atoms with E-state index in [1.807, 2.05) is 37.3 Å². The molecular formula is C13H13NO2. The van der Waals surface area contributed by atoms with Gasteiger partial charge in [0.15, 0.2) is 0 Å². The van der Waals surface area contributed by atoms with Crippen molar-refractivity contribution in [1.29, 1.82) is 0 Å². The molecule has 1 aromatic carbocycles. The lowest BCUT2D eigenvalue weighted by Gasteiger charge is -2.02. The quantitative estimate of drug-likeness (QED) is 0.736. The van der Waals surface area contributed by atoms with Crippen molar-refractivity contribution in [3.05, 3.63) is 47.9 Å². The second kappa shape index (κ2) is 4.66. The molecule has 0 atom stereocenters. The van der Waals surface area contributed by atoms with Crippen LogP contribution in [0.1, 0.15) is 11.3 Å². The maximum absolute atomic E-state index is 5.27. The van der Waals surface area contributed by atoms with Crippen LogP contribution in [-0.2, 0) is 0 Å². The Labute approximate surface area is 94.4 Å². The van der Waals surface area contributed by atoms with Crippen LogP contribution in [0.15, 0.2) is 46.0 Å². The summed E-state index contributed by atoms with van der Waals surface area (Å²) in [6.07, 6.45) is 3.35. The number of benzene rings is 1. The number of para-hydroxylation sites is 2. The fourth-order valence-electron chi connectivity index (χ4n) is 1.38. The van der Waals surface area contributed by atoms with Gasteiger partial charge in [0.2, 0.25) is 0 Å². The molecule has 0 spiro atoms. The number of nitrogens with zero attached hydrogens (tertiary/aromatic N) is 1. The predicted molar refractivity (Wildman–Crippen MR) is 63.7 cm³/mol. The number of aliphatic imine (C=N–C) groups is 1. The number of aryl methyl sites for hydroxylation is 1. The molecule has 0 aliphatic rings. The fraction of sp³-hybridized carbons (Fsp3) is 0.154. The lowest BCUT2D eigenvalue weighted by molar-refractivity contribution is 0.416. The smallest absolute Gasteiger partial charge is 0.147 e. The average molecular weight is 215 g/mol. The van der Waals surface area contributed by atoms with E-state index in [0.717, 1.165) is 22.8 Å². The Hall–Kier alpha value is -2.03. The van der Waals surface area contributed by atoms with Gasteiger partial charge in [0.05, 0.1) is 19.6 Å². The zero-order valence-electron chi connectivity index (χ0n) is 9.31. The lowest BCUT2D eigenvalue weighted by Crippen LogP contribution is -1.84. The Kier molecular flexibility index (Phi) is 3.05. The molecule has 0 saturated heterocycles. The number of furan rings is 1. The average Bonchev–Trinajstić information content (AvgIpc) is 2.72. The number of ether oxygens (including phenoxy) is 1. The molecule has 2 rings (SSSR count). The van der Waals surface area contributed by atoms with E-state index in [2.05, 4.69) is 4.99 Å². The summed E-state index contributed by atoms with van der Waals surface area (Å²) in [6.45, 7) is 1.98. The monoisotopic (exact) mass is 215 g/mol. The fourth-order valence-corrected chi connectivity index (χ4v) is 1.38. The number of methoxy groups -OCH3 is 1. The van der Waals surface area contributed by atoms with Gasteiger partial charge in [-0.3, -0.25) is 0 Å². The second-order valence-corrected chi connectivity index (χ2v) is 3.40. The van der Waals surface area contributed by atoms with Gasteiger partial charge in [-0.1, -0.05) is 12.1 Å². The van der Waals surface area contributed by atoms with Gasteiger partial charge in [-0.05, 0) is 30.7 Å². The second-order valence-electron chi connectivity index (χ2n) is 3.40. The number of hydrogen-bond acceptors (Lipinski definition) is 3. The summed E-state index contributed by atoms with van der Waals surface area (Å²) in [7, 11) is 1.63. The molecule has 1 aromatic heterocycles. The highest BCUT2D eigenvalue weighted by Crippen LogP contribution is 2.26. The predicted octanol–water partition coefficient (Wildman–Crippen LogP) is 3.35. The summed E-state index contributed by atoms with van der Waals surface area (Å²) in [4.78, 5) is 4.34. The van der Waals surface area contributed by atoms with Crippen LogP contribution in [-0.4, -0.2) is 13.3 Å². The minimum absolute atomic E-state index is 0.753. The van der Waals surface area contributed by atoms with E-state index in [-0.39, 0.29) is 0 Å². The Bertz CT molecular complexity index is 500. The van der Waals surface area contributed by atoms with Crippen LogP contribution >= 0.6 is 0 Å². The van der Waals surface area contributed by atoms with Crippen LogP contribution in [0.5, 0.6) is 5.75 Å². The molecule has 0 amide bonds. The third-order valence-electron chi connectivity index (χ3n) is 2.31. The molecule has 82 valence electrons. The summed E-state index contributed by atoms with van der Waals surface area (Å²) in [5, 5.41) is 0. The molecule has 1 heterocycles. The number of hydrogen-bond donors (Lipinski definition) is 0. The standard InChI is InChI=1S/C13H13NO2/c1-10-7-8-16-13(10)9-14-11-5-3-4-6-12(11)15-2/h3-9H,1-2H3/b14-9+. The first-order valence-corrected chi connectivity index (χ1v) is 5.02. The Balaban J connectivity index is 2.27. The summed E-state index contributed by atoms with van der Waals surface area (Å²) in [5.74, 6) is 1.52. The van der Waals surface area contributed by atoms with Gasteiger partial charge in [0.1, 0.15) is 17.2 Å². The van der Waals surface area contributed by atoms with Gasteiger partial charge in [0, 0.05) is 0 Å². The number of rotatable bonds is 3. The first kappa shape index (κ1) is 10.5.